The number of rotatable bonds is 9. The first kappa shape index (κ1) is 20.1. The molecule has 0 bridgehead atoms. The lowest BCUT2D eigenvalue weighted by Crippen LogP contribution is -2.07. The van der Waals surface area contributed by atoms with Gasteiger partial charge in [0.25, 0.3) is 0 Å². The SMILES string of the molecule is CCC(c1ccc(OCc2ccccc2)cc1)c1cc2c(cc1OCCO)OCO2. The van der Waals surface area contributed by atoms with Crippen LogP contribution in [0.4, 0.5) is 0 Å². The van der Waals surface area contributed by atoms with Gasteiger partial charge in [-0.15, -0.1) is 0 Å². The third kappa shape index (κ3) is 4.52. The second-order valence-electron chi connectivity index (χ2n) is 7.12. The molecule has 1 aliphatic heterocycles. The van der Waals surface area contributed by atoms with Gasteiger partial charge in [0.1, 0.15) is 24.7 Å². The molecule has 156 valence electrons. The largest absolute Gasteiger partial charge is 0.491 e. The maximum absolute atomic E-state index is 9.19. The van der Waals surface area contributed by atoms with Gasteiger partial charge >= 0.3 is 0 Å². The number of hydrogen-bond donors (Lipinski definition) is 1. The van der Waals surface area contributed by atoms with E-state index in [2.05, 4.69) is 31.2 Å². The van der Waals surface area contributed by atoms with Crippen LogP contribution < -0.4 is 18.9 Å². The minimum absolute atomic E-state index is 0.0435. The summed E-state index contributed by atoms with van der Waals surface area (Å²) in [5, 5.41) is 9.19. The standard InChI is InChI=1S/C25H26O5/c1-2-21(22-14-24-25(30-17-29-24)15-23(22)27-13-12-26)19-8-10-20(11-9-19)28-16-18-6-4-3-5-7-18/h3-11,14-15,21,26H,2,12-13,16-17H2,1H3. The van der Waals surface area contributed by atoms with E-state index >= 15 is 0 Å². The molecule has 0 aliphatic carbocycles. The zero-order chi connectivity index (χ0) is 20.8. The van der Waals surface area contributed by atoms with E-state index in [4.69, 9.17) is 18.9 Å². The van der Waals surface area contributed by atoms with E-state index in [1.807, 2.05) is 42.5 Å². The highest BCUT2D eigenvalue weighted by Gasteiger charge is 2.23. The van der Waals surface area contributed by atoms with E-state index in [9.17, 15) is 5.11 Å². The Hall–Kier alpha value is -3.18. The first-order valence-electron chi connectivity index (χ1n) is 10.2. The lowest BCUT2D eigenvalue weighted by Gasteiger charge is -2.21. The summed E-state index contributed by atoms with van der Waals surface area (Å²) in [6.45, 7) is 3.08. The van der Waals surface area contributed by atoms with Crippen molar-refractivity contribution in [3.05, 3.63) is 83.4 Å². The Bertz CT molecular complexity index is 953. The van der Waals surface area contributed by atoms with E-state index in [1.165, 1.54) is 0 Å². The summed E-state index contributed by atoms with van der Waals surface area (Å²) in [5.41, 5.74) is 3.32. The van der Waals surface area contributed by atoms with Crippen LogP contribution in [0.15, 0.2) is 66.7 Å². The van der Waals surface area contributed by atoms with Crippen LogP contribution in [0.25, 0.3) is 0 Å². The van der Waals surface area contributed by atoms with Gasteiger partial charge in [0, 0.05) is 17.5 Å². The van der Waals surface area contributed by atoms with Crippen LogP contribution in [0.3, 0.4) is 0 Å². The lowest BCUT2D eigenvalue weighted by atomic mass is 9.88. The summed E-state index contributed by atoms with van der Waals surface area (Å²) in [5.74, 6) is 3.06. The molecule has 0 fully saturated rings. The Kier molecular flexibility index (Phi) is 6.40. The molecule has 1 unspecified atom stereocenters. The Labute approximate surface area is 176 Å². The predicted molar refractivity (Wildman–Crippen MR) is 114 cm³/mol. The number of fused-ring (bicyclic) bond motifs is 1. The maximum Gasteiger partial charge on any atom is 0.231 e. The van der Waals surface area contributed by atoms with E-state index < -0.39 is 0 Å². The predicted octanol–water partition coefficient (Wildman–Crippen LogP) is 4.91. The van der Waals surface area contributed by atoms with Gasteiger partial charge in [0.05, 0.1) is 6.61 Å². The zero-order valence-electron chi connectivity index (χ0n) is 17.0. The Morgan fingerprint density at radius 2 is 1.67 bits per heavy atom. The van der Waals surface area contributed by atoms with Crippen molar-refractivity contribution in [2.75, 3.05) is 20.0 Å². The van der Waals surface area contributed by atoms with Gasteiger partial charge in [-0.3, -0.25) is 0 Å². The maximum atomic E-state index is 9.19. The molecule has 3 aromatic carbocycles. The van der Waals surface area contributed by atoms with Crippen LogP contribution in [0.5, 0.6) is 23.0 Å². The molecule has 5 nitrogen and oxygen atoms in total. The number of aliphatic hydroxyl groups excluding tert-OH is 1. The van der Waals surface area contributed by atoms with Crippen LogP contribution in [0.2, 0.25) is 0 Å². The highest BCUT2D eigenvalue weighted by molar-refractivity contribution is 5.55. The molecule has 1 N–H and O–H groups in total. The molecule has 0 radical (unpaired) electrons. The molecule has 3 aromatic rings. The summed E-state index contributed by atoms with van der Waals surface area (Å²) in [6.07, 6.45) is 0.888. The second kappa shape index (κ2) is 9.55. The smallest absolute Gasteiger partial charge is 0.231 e. The summed E-state index contributed by atoms with van der Waals surface area (Å²) in [6, 6.07) is 22.2. The van der Waals surface area contributed by atoms with Crippen molar-refractivity contribution in [2.45, 2.75) is 25.9 Å². The average Bonchev–Trinajstić information content (AvgIpc) is 3.25. The minimum Gasteiger partial charge on any atom is -0.491 e. The van der Waals surface area contributed by atoms with Gasteiger partial charge < -0.3 is 24.1 Å². The molecule has 5 heteroatoms. The van der Waals surface area contributed by atoms with E-state index in [0.717, 1.165) is 34.6 Å². The molecule has 0 aromatic heterocycles. The molecular weight excluding hydrogens is 380 g/mol. The van der Waals surface area contributed by atoms with Gasteiger partial charge in [0.15, 0.2) is 11.5 Å². The number of benzene rings is 3. The van der Waals surface area contributed by atoms with Crippen LogP contribution in [0.1, 0.15) is 36.0 Å². The minimum atomic E-state index is -0.0435. The van der Waals surface area contributed by atoms with E-state index in [1.54, 1.807) is 0 Å². The quantitative estimate of drug-likeness (QED) is 0.547. The van der Waals surface area contributed by atoms with Crippen LogP contribution in [-0.4, -0.2) is 25.1 Å². The highest BCUT2D eigenvalue weighted by Crippen LogP contribution is 2.43. The first-order chi connectivity index (χ1) is 14.8. The Morgan fingerprint density at radius 1 is 0.933 bits per heavy atom. The molecule has 4 rings (SSSR count). The van der Waals surface area contributed by atoms with Gasteiger partial charge in [0.2, 0.25) is 6.79 Å². The molecule has 0 saturated carbocycles. The van der Waals surface area contributed by atoms with Crippen LogP contribution >= 0.6 is 0 Å². The van der Waals surface area contributed by atoms with Crippen molar-refractivity contribution in [3.8, 4) is 23.0 Å². The molecule has 0 spiro atoms. The van der Waals surface area contributed by atoms with Gasteiger partial charge in [-0.05, 0) is 35.7 Å². The molecular formula is C25H26O5. The van der Waals surface area contributed by atoms with Gasteiger partial charge in [-0.2, -0.15) is 0 Å². The van der Waals surface area contributed by atoms with Crippen molar-refractivity contribution in [2.24, 2.45) is 0 Å². The third-order valence-corrected chi connectivity index (χ3v) is 5.17. The van der Waals surface area contributed by atoms with E-state index in [0.29, 0.717) is 18.1 Å². The monoisotopic (exact) mass is 406 g/mol. The third-order valence-electron chi connectivity index (χ3n) is 5.17. The summed E-state index contributed by atoms with van der Waals surface area (Å²) < 4.78 is 22.8. The molecule has 1 heterocycles. The van der Waals surface area contributed by atoms with Gasteiger partial charge in [-0.1, -0.05) is 49.4 Å². The summed E-state index contributed by atoms with van der Waals surface area (Å²) in [4.78, 5) is 0. The molecule has 1 aliphatic rings. The molecule has 30 heavy (non-hydrogen) atoms. The molecule has 0 amide bonds. The normalized spacial score (nSPS) is 13.1. The fraction of sp³-hybridized carbons (Fsp3) is 0.280. The molecule has 1 atom stereocenters. The highest BCUT2D eigenvalue weighted by atomic mass is 16.7. The molecule has 0 saturated heterocycles. The Balaban J connectivity index is 1.55. The fourth-order valence-corrected chi connectivity index (χ4v) is 3.66. The average molecular weight is 406 g/mol. The van der Waals surface area contributed by atoms with Crippen molar-refractivity contribution >= 4 is 0 Å². The van der Waals surface area contributed by atoms with Gasteiger partial charge in [-0.25, -0.2) is 0 Å². The van der Waals surface area contributed by atoms with Crippen molar-refractivity contribution < 1.29 is 24.1 Å². The number of hydrogen-bond acceptors (Lipinski definition) is 5. The van der Waals surface area contributed by atoms with Crippen LogP contribution in [0, 0.1) is 0 Å². The summed E-state index contributed by atoms with van der Waals surface area (Å²) in [7, 11) is 0. The fourth-order valence-electron chi connectivity index (χ4n) is 3.66. The Morgan fingerprint density at radius 3 is 2.37 bits per heavy atom. The van der Waals surface area contributed by atoms with Crippen molar-refractivity contribution in [3.63, 3.8) is 0 Å². The van der Waals surface area contributed by atoms with Crippen molar-refractivity contribution in [1.82, 2.24) is 0 Å². The first-order valence-corrected chi connectivity index (χ1v) is 10.2. The number of aliphatic hydroxyl groups is 1. The zero-order valence-corrected chi connectivity index (χ0v) is 17.0. The summed E-state index contributed by atoms with van der Waals surface area (Å²) >= 11 is 0. The lowest BCUT2D eigenvalue weighted by molar-refractivity contribution is 0.173. The number of ether oxygens (including phenoxy) is 4. The van der Waals surface area contributed by atoms with Crippen molar-refractivity contribution in [1.29, 1.82) is 0 Å². The second-order valence-corrected chi connectivity index (χ2v) is 7.12. The van der Waals surface area contributed by atoms with Crippen LogP contribution in [-0.2, 0) is 6.61 Å². The van der Waals surface area contributed by atoms with E-state index in [-0.39, 0.29) is 25.9 Å². The topological polar surface area (TPSA) is 57.2 Å².